The first-order valence-electron chi connectivity index (χ1n) is 6.20. The topological polar surface area (TPSA) is 81.9 Å². The third-order valence-electron chi connectivity index (χ3n) is 2.52. The van der Waals surface area contributed by atoms with Crippen LogP contribution in [0.1, 0.15) is 5.82 Å². The summed E-state index contributed by atoms with van der Waals surface area (Å²) in [5.41, 5.74) is 0. The molecule has 7 nitrogen and oxygen atoms in total. The summed E-state index contributed by atoms with van der Waals surface area (Å²) in [5, 5.41) is 14.4. The maximum absolute atomic E-state index is 11.6. The molecule has 0 atom stereocenters. The quantitative estimate of drug-likeness (QED) is 0.777. The third kappa shape index (κ3) is 4.57. The van der Waals surface area contributed by atoms with Crippen LogP contribution in [0.3, 0.4) is 0 Å². The predicted octanol–water partition coefficient (Wildman–Crippen LogP) is 1.21. The van der Waals surface area contributed by atoms with Gasteiger partial charge < -0.3 is 10.1 Å². The van der Waals surface area contributed by atoms with Gasteiger partial charge in [0.05, 0.1) is 0 Å². The Balaban J connectivity index is 1.92. The highest BCUT2D eigenvalue weighted by atomic mass is 35.5. The van der Waals surface area contributed by atoms with Gasteiger partial charge >= 0.3 is 0 Å². The van der Waals surface area contributed by atoms with E-state index in [1.54, 1.807) is 30.3 Å². The van der Waals surface area contributed by atoms with E-state index >= 15 is 0 Å². The molecule has 2 rings (SSSR count). The number of ether oxygens (including phenoxy) is 1. The molecule has 1 aromatic heterocycles. The molecule has 0 fully saturated rings. The summed E-state index contributed by atoms with van der Waals surface area (Å²) in [5.74, 6) is 0.902. The number of carbonyl (C=O) groups is 1. The number of aromatic nitrogens is 4. The van der Waals surface area contributed by atoms with E-state index in [1.807, 2.05) is 0 Å². The van der Waals surface area contributed by atoms with Gasteiger partial charge in [-0.15, -0.1) is 11.7 Å². The van der Waals surface area contributed by atoms with Gasteiger partial charge in [-0.05, 0) is 34.7 Å². The molecule has 1 N–H and O–H groups in total. The molecule has 0 radical (unpaired) electrons. The highest BCUT2D eigenvalue weighted by Crippen LogP contribution is 2.16. The molecule has 2 aromatic rings. The Morgan fingerprint density at radius 2 is 2.19 bits per heavy atom. The average Bonchev–Trinajstić information content (AvgIpc) is 2.92. The smallest absolute Gasteiger partial charge is 0.242 e. The fourth-order valence-corrected chi connectivity index (χ4v) is 1.63. The van der Waals surface area contributed by atoms with Crippen LogP contribution >= 0.6 is 11.6 Å². The van der Waals surface area contributed by atoms with Gasteiger partial charge in [0, 0.05) is 11.6 Å². The summed E-state index contributed by atoms with van der Waals surface area (Å²) >= 11 is 5.79. The molecule has 1 heterocycles. The van der Waals surface area contributed by atoms with E-state index in [4.69, 9.17) is 16.3 Å². The van der Waals surface area contributed by atoms with E-state index in [-0.39, 0.29) is 19.1 Å². The molecule has 110 valence electrons. The zero-order chi connectivity index (χ0) is 15.1. The monoisotopic (exact) mass is 307 g/mol. The van der Waals surface area contributed by atoms with Gasteiger partial charge in [-0.2, -0.15) is 0 Å². The Morgan fingerprint density at radius 1 is 1.43 bits per heavy atom. The van der Waals surface area contributed by atoms with Gasteiger partial charge in [0.1, 0.15) is 18.9 Å². The average molecular weight is 308 g/mol. The van der Waals surface area contributed by atoms with Crippen molar-refractivity contribution in [1.29, 1.82) is 0 Å². The molecule has 8 heteroatoms. The van der Waals surface area contributed by atoms with Gasteiger partial charge in [0.2, 0.25) is 5.91 Å². The van der Waals surface area contributed by atoms with Crippen molar-refractivity contribution in [3.63, 3.8) is 0 Å². The Bertz CT molecular complexity index is 611. The molecule has 0 aliphatic heterocycles. The van der Waals surface area contributed by atoms with Crippen LogP contribution in [0, 0.1) is 0 Å². The zero-order valence-corrected chi connectivity index (χ0v) is 12.0. The lowest BCUT2D eigenvalue weighted by molar-refractivity contribution is -0.121. The molecule has 1 aromatic carbocycles. The first kappa shape index (κ1) is 15.0. The standard InChI is InChI=1S/C13H14ClN5O2/c1-2-7-15-13(20)8-19-12(16-17-18-19)9-21-11-5-3-10(14)4-6-11/h2-6H,1,7-9H2,(H,15,20). The second-order valence-electron chi connectivity index (χ2n) is 4.09. The molecular formula is C13H14ClN5O2. The van der Waals surface area contributed by atoms with Crippen LogP contribution in [0.5, 0.6) is 5.75 Å². The van der Waals surface area contributed by atoms with E-state index in [0.717, 1.165) is 0 Å². The predicted molar refractivity (Wildman–Crippen MR) is 76.8 cm³/mol. The normalized spacial score (nSPS) is 10.1. The van der Waals surface area contributed by atoms with Crippen LogP contribution in [-0.2, 0) is 17.9 Å². The maximum atomic E-state index is 11.6. The minimum atomic E-state index is -0.199. The molecule has 0 unspecified atom stereocenters. The molecular weight excluding hydrogens is 294 g/mol. The third-order valence-corrected chi connectivity index (χ3v) is 2.78. The second-order valence-corrected chi connectivity index (χ2v) is 4.52. The van der Waals surface area contributed by atoms with Crippen LogP contribution in [-0.4, -0.2) is 32.7 Å². The zero-order valence-electron chi connectivity index (χ0n) is 11.2. The summed E-state index contributed by atoms with van der Waals surface area (Å²) in [7, 11) is 0. The van der Waals surface area contributed by atoms with Gasteiger partial charge in [0.15, 0.2) is 5.82 Å². The fraction of sp³-hybridized carbons (Fsp3) is 0.231. The number of tetrazole rings is 1. The lowest BCUT2D eigenvalue weighted by Gasteiger charge is -2.07. The first-order chi connectivity index (χ1) is 10.2. The number of hydrogen-bond donors (Lipinski definition) is 1. The molecule has 0 saturated carbocycles. The van der Waals surface area contributed by atoms with Crippen molar-refractivity contribution < 1.29 is 9.53 Å². The summed E-state index contributed by atoms with van der Waals surface area (Å²) in [6.07, 6.45) is 1.60. The van der Waals surface area contributed by atoms with Crippen LogP contribution in [0.15, 0.2) is 36.9 Å². The maximum Gasteiger partial charge on any atom is 0.242 e. The Hall–Kier alpha value is -2.41. The van der Waals surface area contributed by atoms with Crippen LogP contribution in [0.4, 0.5) is 0 Å². The molecule has 21 heavy (non-hydrogen) atoms. The lowest BCUT2D eigenvalue weighted by atomic mass is 10.3. The largest absolute Gasteiger partial charge is 0.486 e. The second kappa shape index (κ2) is 7.39. The van der Waals surface area contributed by atoms with Crippen molar-refractivity contribution in [1.82, 2.24) is 25.5 Å². The van der Waals surface area contributed by atoms with Crippen molar-refractivity contribution in [2.24, 2.45) is 0 Å². The van der Waals surface area contributed by atoms with Crippen molar-refractivity contribution in [3.05, 3.63) is 47.8 Å². The van der Waals surface area contributed by atoms with E-state index < -0.39 is 0 Å². The molecule has 0 aliphatic rings. The summed E-state index contributed by atoms with van der Waals surface area (Å²) < 4.78 is 6.92. The van der Waals surface area contributed by atoms with Crippen LogP contribution in [0.2, 0.25) is 5.02 Å². The van der Waals surface area contributed by atoms with E-state index in [9.17, 15) is 4.79 Å². The van der Waals surface area contributed by atoms with E-state index in [0.29, 0.717) is 23.1 Å². The number of halogens is 1. The Morgan fingerprint density at radius 3 is 2.90 bits per heavy atom. The van der Waals surface area contributed by atoms with Crippen LogP contribution < -0.4 is 10.1 Å². The minimum absolute atomic E-state index is 0.0279. The Labute approximate surface area is 126 Å². The number of hydrogen-bond acceptors (Lipinski definition) is 5. The molecule has 0 aliphatic carbocycles. The van der Waals surface area contributed by atoms with Crippen LogP contribution in [0.25, 0.3) is 0 Å². The highest BCUT2D eigenvalue weighted by Gasteiger charge is 2.10. The number of carbonyl (C=O) groups excluding carboxylic acids is 1. The van der Waals surface area contributed by atoms with Gasteiger partial charge in [-0.3, -0.25) is 4.79 Å². The SMILES string of the molecule is C=CCNC(=O)Cn1nnnc1COc1ccc(Cl)cc1. The summed E-state index contributed by atoms with van der Waals surface area (Å²) in [6, 6.07) is 6.94. The molecule has 1 amide bonds. The highest BCUT2D eigenvalue weighted by molar-refractivity contribution is 6.30. The van der Waals surface area contributed by atoms with Gasteiger partial charge in [-0.1, -0.05) is 17.7 Å². The fourth-order valence-electron chi connectivity index (χ4n) is 1.51. The van der Waals surface area contributed by atoms with Crippen molar-refractivity contribution in [2.45, 2.75) is 13.2 Å². The number of amides is 1. The first-order valence-corrected chi connectivity index (χ1v) is 6.58. The van der Waals surface area contributed by atoms with Gasteiger partial charge in [-0.25, -0.2) is 4.68 Å². The summed E-state index contributed by atoms with van der Waals surface area (Å²) in [6.45, 7) is 4.11. The minimum Gasteiger partial charge on any atom is -0.486 e. The number of rotatable bonds is 7. The number of nitrogens with one attached hydrogen (secondary N) is 1. The van der Waals surface area contributed by atoms with E-state index in [1.165, 1.54) is 4.68 Å². The molecule has 0 bridgehead atoms. The van der Waals surface area contributed by atoms with E-state index in [2.05, 4.69) is 27.4 Å². The van der Waals surface area contributed by atoms with Crippen molar-refractivity contribution >= 4 is 17.5 Å². The number of nitrogens with zero attached hydrogens (tertiary/aromatic N) is 4. The van der Waals surface area contributed by atoms with Gasteiger partial charge in [0.25, 0.3) is 0 Å². The number of benzene rings is 1. The Kier molecular flexibility index (Phi) is 5.28. The summed E-state index contributed by atoms with van der Waals surface area (Å²) in [4.78, 5) is 11.6. The molecule has 0 spiro atoms. The molecule has 0 saturated heterocycles. The van der Waals surface area contributed by atoms with Crippen molar-refractivity contribution in [2.75, 3.05) is 6.54 Å². The van der Waals surface area contributed by atoms with Crippen molar-refractivity contribution in [3.8, 4) is 5.75 Å². The lowest BCUT2D eigenvalue weighted by Crippen LogP contribution is -2.29.